The average Bonchev–Trinajstić information content (AvgIpc) is 2.80. The van der Waals surface area contributed by atoms with Crippen LogP contribution in [0.25, 0.3) is 0 Å². The lowest BCUT2D eigenvalue weighted by molar-refractivity contribution is -0.119. The number of piperidine rings is 1. The first kappa shape index (κ1) is 15.6. The molecule has 21 heavy (non-hydrogen) atoms. The third-order valence-corrected chi connectivity index (χ3v) is 4.64. The molecule has 116 valence electrons. The van der Waals surface area contributed by atoms with Crippen molar-refractivity contribution in [3.63, 3.8) is 0 Å². The van der Waals surface area contributed by atoms with Crippen molar-refractivity contribution in [1.82, 2.24) is 15.2 Å². The number of anilines is 2. The lowest BCUT2D eigenvalue weighted by Crippen LogP contribution is -2.46. The van der Waals surface area contributed by atoms with Crippen molar-refractivity contribution in [2.24, 2.45) is 0 Å². The van der Waals surface area contributed by atoms with E-state index < -0.39 is 0 Å². The van der Waals surface area contributed by atoms with Gasteiger partial charge in [-0.1, -0.05) is 11.3 Å². The second-order valence-corrected chi connectivity index (χ2v) is 6.35. The number of carbonyl (C=O) groups excluding carboxylic acids is 2. The van der Waals surface area contributed by atoms with Gasteiger partial charge in [-0.25, -0.2) is 4.98 Å². The monoisotopic (exact) mass is 311 g/mol. The molecule has 1 saturated heterocycles. The zero-order valence-corrected chi connectivity index (χ0v) is 13.4. The third kappa shape index (κ3) is 3.63. The van der Waals surface area contributed by atoms with Crippen molar-refractivity contribution in [2.75, 3.05) is 37.8 Å². The van der Waals surface area contributed by atoms with Crippen LogP contribution in [0.4, 0.5) is 10.9 Å². The average molecular weight is 311 g/mol. The molecule has 0 bridgehead atoms. The Balaban J connectivity index is 2.00. The van der Waals surface area contributed by atoms with E-state index >= 15 is 0 Å². The van der Waals surface area contributed by atoms with Gasteiger partial charge in [0.1, 0.15) is 10.7 Å². The van der Waals surface area contributed by atoms with Crippen molar-refractivity contribution >= 4 is 34.1 Å². The molecule has 0 aromatic carbocycles. The molecule has 8 heteroatoms. The van der Waals surface area contributed by atoms with Gasteiger partial charge in [-0.3, -0.25) is 9.59 Å². The Morgan fingerprint density at radius 1 is 1.38 bits per heavy atom. The predicted octanol–water partition coefficient (Wildman–Crippen LogP) is 0.532. The highest BCUT2D eigenvalue weighted by atomic mass is 32.1. The minimum absolute atomic E-state index is 0.0258. The largest absolute Gasteiger partial charge is 0.382 e. The number of nitrogens with zero attached hydrogens (tertiary/aromatic N) is 3. The molecule has 0 unspecified atom stereocenters. The molecule has 1 aromatic heterocycles. The lowest BCUT2D eigenvalue weighted by atomic mass is 10.0. The maximum atomic E-state index is 12.5. The van der Waals surface area contributed by atoms with E-state index in [2.05, 4.69) is 10.3 Å². The number of thiazole rings is 1. The summed E-state index contributed by atoms with van der Waals surface area (Å²) in [4.78, 5) is 31.8. The Hall–Kier alpha value is -1.83. The Morgan fingerprint density at radius 2 is 2.00 bits per heavy atom. The Kier molecular flexibility index (Phi) is 4.66. The van der Waals surface area contributed by atoms with Gasteiger partial charge in [0.25, 0.3) is 5.91 Å². The zero-order valence-electron chi connectivity index (χ0n) is 12.5. The van der Waals surface area contributed by atoms with Gasteiger partial charge in [0, 0.05) is 40.2 Å². The SMILES string of the molecule is CC(=O)NC1CCN(C(=O)c2sc(N(C)C)nc2N)CC1. The molecule has 0 spiro atoms. The minimum Gasteiger partial charge on any atom is -0.382 e. The Bertz CT molecular complexity index is 535. The number of nitrogens with one attached hydrogen (secondary N) is 1. The summed E-state index contributed by atoms with van der Waals surface area (Å²) in [6, 6.07) is 0.155. The molecule has 0 saturated carbocycles. The summed E-state index contributed by atoms with van der Waals surface area (Å²) in [6.07, 6.45) is 1.54. The molecule has 1 fully saturated rings. The fourth-order valence-corrected chi connectivity index (χ4v) is 3.20. The van der Waals surface area contributed by atoms with E-state index in [4.69, 9.17) is 5.73 Å². The summed E-state index contributed by atoms with van der Waals surface area (Å²) in [7, 11) is 3.73. The molecule has 0 radical (unpaired) electrons. The number of carbonyl (C=O) groups is 2. The van der Waals surface area contributed by atoms with Crippen molar-refractivity contribution in [3.8, 4) is 0 Å². The first-order valence-corrected chi connectivity index (χ1v) is 7.70. The van der Waals surface area contributed by atoms with Gasteiger partial charge in [0.15, 0.2) is 5.13 Å². The van der Waals surface area contributed by atoms with E-state index in [1.165, 1.54) is 18.3 Å². The van der Waals surface area contributed by atoms with Crippen LogP contribution >= 0.6 is 11.3 Å². The van der Waals surface area contributed by atoms with Gasteiger partial charge < -0.3 is 20.9 Å². The molecule has 2 heterocycles. The van der Waals surface area contributed by atoms with E-state index in [1.807, 2.05) is 19.0 Å². The molecule has 7 nitrogen and oxygen atoms in total. The maximum Gasteiger partial charge on any atom is 0.267 e. The van der Waals surface area contributed by atoms with Crippen LogP contribution in [0, 0.1) is 0 Å². The summed E-state index contributed by atoms with van der Waals surface area (Å²) >= 11 is 1.31. The summed E-state index contributed by atoms with van der Waals surface area (Å²) in [5.41, 5.74) is 5.85. The van der Waals surface area contributed by atoms with Gasteiger partial charge in [0.05, 0.1) is 0 Å². The quantitative estimate of drug-likeness (QED) is 0.850. The van der Waals surface area contributed by atoms with Crippen LogP contribution in [-0.2, 0) is 4.79 Å². The second kappa shape index (κ2) is 6.30. The minimum atomic E-state index is -0.0700. The maximum absolute atomic E-state index is 12.5. The van der Waals surface area contributed by atoms with Crippen molar-refractivity contribution in [2.45, 2.75) is 25.8 Å². The fraction of sp³-hybridized carbons (Fsp3) is 0.615. The highest BCUT2D eigenvalue weighted by molar-refractivity contribution is 7.18. The molecule has 1 aromatic rings. The Labute approximate surface area is 128 Å². The van der Waals surface area contributed by atoms with Crippen LogP contribution in [0.3, 0.4) is 0 Å². The van der Waals surface area contributed by atoms with Crippen molar-refractivity contribution < 1.29 is 9.59 Å². The number of nitrogens with two attached hydrogens (primary N) is 1. The summed E-state index contributed by atoms with van der Waals surface area (Å²) in [5.74, 6) is 0.194. The van der Waals surface area contributed by atoms with Crippen molar-refractivity contribution in [3.05, 3.63) is 4.88 Å². The van der Waals surface area contributed by atoms with E-state index in [-0.39, 0.29) is 23.7 Å². The predicted molar refractivity (Wildman–Crippen MR) is 83.6 cm³/mol. The van der Waals surface area contributed by atoms with Crippen LogP contribution in [-0.4, -0.2) is 54.9 Å². The molecule has 1 aliphatic heterocycles. The second-order valence-electron chi connectivity index (χ2n) is 5.37. The van der Waals surface area contributed by atoms with E-state index in [1.54, 1.807) is 4.90 Å². The molecule has 3 N–H and O–H groups in total. The summed E-state index contributed by atoms with van der Waals surface area (Å²) < 4.78 is 0. The zero-order chi connectivity index (χ0) is 15.6. The molecule has 2 rings (SSSR count). The highest BCUT2D eigenvalue weighted by Gasteiger charge is 2.27. The number of hydrogen-bond donors (Lipinski definition) is 2. The van der Waals surface area contributed by atoms with E-state index in [0.29, 0.717) is 18.0 Å². The number of aromatic nitrogens is 1. The molecular formula is C13H21N5O2S. The third-order valence-electron chi connectivity index (χ3n) is 3.41. The molecule has 0 aliphatic carbocycles. The smallest absolute Gasteiger partial charge is 0.267 e. The van der Waals surface area contributed by atoms with Crippen LogP contribution in [0.1, 0.15) is 29.4 Å². The van der Waals surface area contributed by atoms with Gasteiger partial charge in [0.2, 0.25) is 5.91 Å². The number of likely N-dealkylation sites (tertiary alicyclic amines) is 1. The van der Waals surface area contributed by atoms with E-state index in [0.717, 1.165) is 18.0 Å². The van der Waals surface area contributed by atoms with Crippen LogP contribution in [0.5, 0.6) is 0 Å². The summed E-state index contributed by atoms with van der Waals surface area (Å²) in [6.45, 7) is 2.76. The first-order valence-electron chi connectivity index (χ1n) is 6.88. The lowest BCUT2D eigenvalue weighted by Gasteiger charge is -2.31. The topological polar surface area (TPSA) is 91.6 Å². The van der Waals surface area contributed by atoms with E-state index in [9.17, 15) is 9.59 Å². The van der Waals surface area contributed by atoms with Gasteiger partial charge >= 0.3 is 0 Å². The number of nitrogen functional groups attached to an aromatic ring is 1. The number of rotatable bonds is 3. The van der Waals surface area contributed by atoms with Crippen LogP contribution in [0.15, 0.2) is 0 Å². The number of hydrogen-bond acceptors (Lipinski definition) is 6. The molecule has 2 amide bonds. The fourth-order valence-electron chi connectivity index (χ4n) is 2.32. The van der Waals surface area contributed by atoms with Gasteiger partial charge in [-0.15, -0.1) is 0 Å². The van der Waals surface area contributed by atoms with Gasteiger partial charge in [-0.2, -0.15) is 0 Å². The molecule has 1 aliphatic rings. The van der Waals surface area contributed by atoms with Gasteiger partial charge in [-0.05, 0) is 12.8 Å². The molecule has 0 atom stereocenters. The number of amides is 2. The normalized spacial score (nSPS) is 15.9. The van der Waals surface area contributed by atoms with Crippen LogP contribution < -0.4 is 16.0 Å². The first-order chi connectivity index (χ1) is 9.88. The van der Waals surface area contributed by atoms with Crippen LogP contribution in [0.2, 0.25) is 0 Å². The van der Waals surface area contributed by atoms with Crippen molar-refractivity contribution in [1.29, 1.82) is 0 Å². The molecular weight excluding hydrogens is 290 g/mol. The summed E-state index contributed by atoms with van der Waals surface area (Å²) in [5, 5.41) is 3.62. The Morgan fingerprint density at radius 3 is 2.48 bits per heavy atom. The standard InChI is InChI=1S/C13H21N5O2S/c1-8(19)15-9-4-6-18(7-5-9)12(20)10-11(14)16-13(21-10)17(2)3/h9H,4-7,14H2,1-3H3,(H,15,19). The highest BCUT2D eigenvalue weighted by Crippen LogP contribution is 2.28.